The highest BCUT2D eigenvalue weighted by Gasteiger charge is 2.20. The topological polar surface area (TPSA) is 93.8 Å². The van der Waals surface area contributed by atoms with Gasteiger partial charge in [-0.3, -0.25) is 4.79 Å². The van der Waals surface area contributed by atoms with Crippen LogP contribution in [0.5, 0.6) is 0 Å². The van der Waals surface area contributed by atoms with Gasteiger partial charge in [0.05, 0.1) is 5.69 Å². The van der Waals surface area contributed by atoms with Gasteiger partial charge in [-0.25, -0.2) is 15.0 Å². The highest BCUT2D eigenvalue weighted by atomic mass is 35.5. The van der Waals surface area contributed by atoms with E-state index in [2.05, 4.69) is 34.1 Å². The Morgan fingerprint density at radius 2 is 2.00 bits per heavy atom. The van der Waals surface area contributed by atoms with E-state index in [9.17, 15) is 4.79 Å². The van der Waals surface area contributed by atoms with Crippen LogP contribution in [0.15, 0.2) is 18.5 Å². The third-order valence-electron chi connectivity index (χ3n) is 3.14. The van der Waals surface area contributed by atoms with Gasteiger partial charge in [-0.1, -0.05) is 13.8 Å². The summed E-state index contributed by atoms with van der Waals surface area (Å²) >= 11 is 1.30. The lowest BCUT2D eigenvalue weighted by atomic mass is 10.0. The lowest BCUT2D eigenvalue weighted by Crippen LogP contribution is -2.41. The Morgan fingerprint density at radius 1 is 1.35 bits per heavy atom. The van der Waals surface area contributed by atoms with E-state index >= 15 is 0 Å². The van der Waals surface area contributed by atoms with Gasteiger partial charge < -0.3 is 11.1 Å². The quantitative estimate of drug-likeness (QED) is 0.829. The van der Waals surface area contributed by atoms with Crippen molar-refractivity contribution in [2.24, 2.45) is 11.7 Å². The summed E-state index contributed by atoms with van der Waals surface area (Å²) in [7, 11) is 0. The van der Waals surface area contributed by atoms with Crippen LogP contribution in [0.3, 0.4) is 0 Å². The Bertz CT molecular complexity index is 632. The van der Waals surface area contributed by atoms with Crippen LogP contribution in [0.2, 0.25) is 0 Å². The van der Waals surface area contributed by atoms with E-state index in [-0.39, 0.29) is 24.4 Å². The summed E-state index contributed by atoms with van der Waals surface area (Å²) in [6.45, 7) is 6.46. The van der Waals surface area contributed by atoms with E-state index < -0.39 is 0 Å². The number of carbonyl (C=O) groups is 1. The smallest absolute Gasteiger partial charge is 0.263 e. The minimum atomic E-state index is -0.131. The molecule has 0 aromatic carbocycles. The zero-order valence-electron chi connectivity index (χ0n) is 13.4. The summed E-state index contributed by atoms with van der Waals surface area (Å²) < 4.78 is 0. The summed E-state index contributed by atoms with van der Waals surface area (Å²) in [5.41, 5.74) is 6.42. The summed E-state index contributed by atoms with van der Waals surface area (Å²) in [6.07, 6.45) is 4.17. The van der Waals surface area contributed by atoms with Gasteiger partial charge in [0.15, 0.2) is 10.8 Å². The normalized spacial score (nSPS) is 11.9. The van der Waals surface area contributed by atoms with Crippen molar-refractivity contribution in [3.8, 4) is 10.8 Å². The third-order valence-corrected chi connectivity index (χ3v) is 4.29. The number of nitrogens with two attached hydrogens (primary N) is 1. The Kier molecular flexibility index (Phi) is 7.54. The van der Waals surface area contributed by atoms with Gasteiger partial charge in [0.1, 0.15) is 4.88 Å². The molecule has 126 valence electrons. The molecule has 0 radical (unpaired) electrons. The van der Waals surface area contributed by atoms with Crippen molar-refractivity contribution in [2.45, 2.75) is 33.2 Å². The van der Waals surface area contributed by atoms with Crippen LogP contribution in [0.25, 0.3) is 10.8 Å². The average Bonchev–Trinajstić information content (AvgIpc) is 2.89. The molecule has 1 unspecified atom stereocenters. The number of hydrogen-bond donors (Lipinski definition) is 2. The second kappa shape index (κ2) is 8.90. The SMILES string of the molecule is Cc1nc(-c2ncccn2)sc1C(=O)NC(CN)CC(C)C.Cl. The van der Waals surface area contributed by atoms with Gasteiger partial charge in [0.2, 0.25) is 0 Å². The zero-order valence-corrected chi connectivity index (χ0v) is 15.1. The summed E-state index contributed by atoms with van der Waals surface area (Å²) in [5, 5.41) is 3.64. The molecule has 0 aliphatic carbocycles. The highest BCUT2D eigenvalue weighted by molar-refractivity contribution is 7.17. The van der Waals surface area contributed by atoms with Gasteiger partial charge in [-0.15, -0.1) is 23.7 Å². The van der Waals surface area contributed by atoms with Crippen LogP contribution in [0.1, 0.15) is 35.6 Å². The van der Waals surface area contributed by atoms with Crippen LogP contribution in [0, 0.1) is 12.8 Å². The van der Waals surface area contributed by atoms with Crippen LogP contribution in [0.4, 0.5) is 0 Å². The molecule has 6 nitrogen and oxygen atoms in total. The van der Waals surface area contributed by atoms with E-state index in [0.29, 0.717) is 33.9 Å². The molecule has 0 saturated heterocycles. The summed E-state index contributed by atoms with van der Waals surface area (Å²) in [5.74, 6) is 0.880. The van der Waals surface area contributed by atoms with Crippen LogP contribution >= 0.6 is 23.7 Å². The number of thiazole rings is 1. The Morgan fingerprint density at radius 3 is 2.57 bits per heavy atom. The molecule has 1 atom stereocenters. The Labute approximate surface area is 146 Å². The van der Waals surface area contributed by atoms with Crippen molar-refractivity contribution < 1.29 is 4.79 Å². The van der Waals surface area contributed by atoms with E-state index in [4.69, 9.17) is 5.73 Å². The van der Waals surface area contributed by atoms with Crippen LogP contribution in [-0.2, 0) is 0 Å². The molecule has 0 aliphatic rings. The fourth-order valence-electron chi connectivity index (χ4n) is 2.15. The van der Waals surface area contributed by atoms with Crippen LogP contribution in [-0.4, -0.2) is 33.4 Å². The maximum atomic E-state index is 12.4. The van der Waals surface area contributed by atoms with Crippen molar-refractivity contribution in [1.29, 1.82) is 0 Å². The lowest BCUT2D eigenvalue weighted by molar-refractivity contribution is 0.0937. The molecule has 1 amide bonds. The molecule has 8 heteroatoms. The summed E-state index contributed by atoms with van der Waals surface area (Å²) in [6, 6.07) is 1.72. The largest absolute Gasteiger partial charge is 0.347 e. The first-order valence-electron chi connectivity index (χ1n) is 7.27. The molecular weight excluding hydrogens is 334 g/mol. The number of rotatable bonds is 6. The first-order chi connectivity index (χ1) is 10.5. The van der Waals surface area contributed by atoms with Crippen molar-refractivity contribution in [3.05, 3.63) is 29.0 Å². The van der Waals surface area contributed by atoms with E-state index in [1.165, 1.54) is 11.3 Å². The molecule has 0 fully saturated rings. The van der Waals surface area contributed by atoms with E-state index in [1.807, 2.05) is 6.92 Å². The van der Waals surface area contributed by atoms with E-state index in [0.717, 1.165) is 6.42 Å². The van der Waals surface area contributed by atoms with Gasteiger partial charge in [0, 0.05) is 25.0 Å². The second-order valence-corrected chi connectivity index (χ2v) is 6.54. The van der Waals surface area contributed by atoms with Crippen molar-refractivity contribution in [2.75, 3.05) is 6.54 Å². The number of hydrogen-bond acceptors (Lipinski definition) is 6. The number of nitrogens with one attached hydrogen (secondary N) is 1. The number of aryl methyl sites for hydroxylation is 1. The molecule has 2 aromatic rings. The number of nitrogens with zero attached hydrogens (tertiary/aromatic N) is 3. The Hall–Kier alpha value is -1.57. The minimum absolute atomic E-state index is 0. The fourth-order valence-corrected chi connectivity index (χ4v) is 3.06. The maximum Gasteiger partial charge on any atom is 0.263 e. The molecule has 2 rings (SSSR count). The monoisotopic (exact) mass is 355 g/mol. The first-order valence-corrected chi connectivity index (χ1v) is 8.08. The number of carbonyl (C=O) groups excluding carboxylic acids is 1. The fraction of sp³-hybridized carbons (Fsp3) is 0.467. The molecule has 2 aromatic heterocycles. The van der Waals surface area contributed by atoms with Gasteiger partial charge >= 0.3 is 0 Å². The molecule has 0 saturated carbocycles. The predicted octanol–water partition coefficient (Wildman–Crippen LogP) is 2.43. The lowest BCUT2D eigenvalue weighted by Gasteiger charge is -2.18. The number of amides is 1. The van der Waals surface area contributed by atoms with Crippen LogP contribution < -0.4 is 11.1 Å². The zero-order chi connectivity index (χ0) is 16.1. The summed E-state index contributed by atoms with van der Waals surface area (Å²) in [4.78, 5) is 25.7. The Balaban J connectivity index is 0.00000264. The predicted molar refractivity (Wildman–Crippen MR) is 94.9 cm³/mol. The molecule has 0 spiro atoms. The maximum absolute atomic E-state index is 12.4. The van der Waals surface area contributed by atoms with E-state index in [1.54, 1.807) is 18.5 Å². The van der Waals surface area contributed by atoms with Gasteiger partial charge in [-0.2, -0.15) is 0 Å². The molecule has 23 heavy (non-hydrogen) atoms. The van der Waals surface area contributed by atoms with Gasteiger partial charge in [0.25, 0.3) is 5.91 Å². The third kappa shape index (κ3) is 5.23. The average molecular weight is 356 g/mol. The van der Waals surface area contributed by atoms with Crippen molar-refractivity contribution in [3.63, 3.8) is 0 Å². The molecular formula is C15H22ClN5OS. The molecule has 0 aliphatic heterocycles. The number of halogens is 1. The minimum Gasteiger partial charge on any atom is -0.347 e. The molecule has 0 bridgehead atoms. The molecule has 3 N–H and O–H groups in total. The van der Waals surface area contributed by atoms with Crippen molar-refractivity contribution in [1.82, 2.24) is 20.3 Å². The standard InChI is InChI=1S/C15H21N5OS.ClH/c1-9(2)7-11(8-16)20-14(21)12-10(3)19-15(22-12)13-17-5-4-6-18-13;/h4-6,9,11H,7-8,16H2,1-3H3,(H,20,21);1H. The first kappa shape index (κ1) is 19.5. The number of aromatic nitrogens is 3. The molecule has 2 heterocycles. The van der Waals surface area contributed by atoms with Crippen molar-refractivity contribution >= 4 is 29.7 Å². The van der Waals surface area contributed by atoms with Gasteiger partial charge in [-0.05, 0) is 25.3 Å². The highest BCUT2D eigenvalue weighted by Crippen LogP contribution is 2.25. The second-order valence-electron chi connectivity index (χ2n) is 5.54.